The molecule has 3 N–H and O–H groups in total. The number of halogens is 2. The van der Waals surface area contributed by atoms with Gasteiger partial charge in [0.25, 0.3) is 0 Å². The molecule has 0 bridgehead atoms. The van der Waals surface area contributed by atoms with Gasteiger partial charge in [0, 0.05) is 15.9 Å². The van der Waals surface area contributed by atoms with Crippen LogP contribution in [0.2, 0.25) is 5.02 Å². The summed E-state index contributed by atoms with van der Waals surface area (Å²) < 4.78 is 18.8. The van der Waals surface area contributed by atoms with Gasteiger partial charge >= 0.3 is 5.97 Å². The Morgan fingerprint density at radius 2 is 1.97 bits per heavy atom. The minimum absolute atomic E-state index is 0.184. The number of anilines is 2. The predicted octanol–water partition coefficient (Wildman–Crippen LogP) is 2.48. The minimum atomic E-state index is -0.567. The lowest BCUT2D eigenvalue weighted by Crippen LogP contribution is -3.15. The van der Waals surface area contributed by atoms with Crippen LogP contribution in [0.25, 0.3) is 10.9 Å². The van der Waals surface area contributed by atoms with Gasteiger partial charge in [-0.05, 0) is 30.3 Å². The second-order valence-electron chi connectivity index (χ2n) is 7.79. The van der Waals surface area contributed by atoms with E-state index in [0.717, 1.165) is 26.2 Å². The van der Waals surface area contributed by atoms with Crippen molar-refractivity contribution in [3.63, 3.8) is 0 Å². The van der Waals surface area contributed by atoms with Gasteiger partial charge in [-0.3, -0.25) is 4.79 Å². The van der Waals surface area contributed by atoms with Crippen LogP contribution >= 0.6 is 11.6 Å². The van der Waals surface area contributed by atoms with Crippen molar-refractivity contribution in [1.82, 2.24) is 4.98 Å². The molecule has 0 saturated carbocycles. The second-order valence-corrected chi connectivity index (χ2v) is 8.23. The van der Waals surface area contributed by atoms with Gasteiger partial charge in [-0.15, -0.1) is 0 Å². The number of nitrogens with one attached hydrogen (secondary N) is 3. The molecule has 0 spiro atoms. The number of piperazine rings is 1. The van der Waals surface area contributed by atoms with Gasteiger partial charge in [-0.1, -0.05) is 23.7 Å². The van der Waals surface area contributed by atoms with E-state index < -0.39 is 5.97 Å². The number of quaternary nitrogens is 1. The van der Waals surface area contributed by atoms with Crippen molar-refractivity contribution in [1.29, 1.82) is 0 Å². The highest BCUT2D eigenvalue weighted by molar-refractivity contribution is 6.31. The smallest absolute Gasteiger partial charge is 0.356 e. The number of carbonyl (C=O) groups excluding carboxylic acids is 2. The molecule has 7 nitrogen and oxygen atoms in total. The molecule has 0 radical (unpaired) electrons. The maximum atomic E-state index is 14.0. The van der Waals surface area contributed by atoms with Crippen LogP contribution in [0.3, 0.4) is 0 Å². The zero-order chi connectivity index (χ0) is 22.7. The third-order valence-corrected chi connectivity index (χ3v) is 6.02. The van der Waals surface area contributed by atoms with E-state index in [2.05, 4.69) is 10.3 Å². The van der Waals surface area contributed by atoms with Crippen molar-refractivity contribution < 1.29 is 23.6 Å². The Kier molecular flexibility index (Phi) is 6.62. The Morgan fingerprint density at radius 3 is 2.69 bits per heavy atom. The highest BCUT2D eigenvalue weighted by atomic mass is 35.5. The molecule has 0 aliphatic carbocycles. The topological polar surface area (TPSA) is 78.9 Å². The molecule has 3 aromatic rings. The van der Waals surface area contributed by atoms with Crippen LogP contribution in [0.4, 0.5) is 15.8 Å². The van der Waals surface area contributed by atoms with Crippen molar-refractivity contribution in [2.75, 3.05) is 50.1 Å². The number of methoxy groups -OCH3 is 1. The average molecular weight is 460 g/mol. The highest BCUT2D eigenvalue weighted by Gasteiger charge is 2.24. The number of esters is 1. The fourth-order valence-electron chi connectivity index (χ4n) is 4.06. The highest BCUT2D eigenvalue weighted by Crippen LogP contribution is 2.30. The monoisotopic (exact) mass is 459 g/mol. The van der Waals surface area contributed by atoms with E-state index in [4.69, 9.17) is 16.3 Å². The number of nitrogens with zero attached hydrogens (tertiary/aromatic N) is 1. The van der Waals surface area contributed by atoms with Gasteiger partial charge in [0.15, 0.2) is 0 Å². The van der Waals surface area contributed by atoms with Gasteiger partial charge in [0.05, 0.1) is 57.6 Å². The maximum Gasteiger partial charge on any atom is 0.356 e. The van der Waals surface area contributed by atoms with Gasteiger partial charge in [-0.25, -0.2) is 9.18 Å². The lowest BCUT2D eigenvalue weighted by Gasteiger charge is -2.33. The van der Waals surface area contributed by atoms with Crippen LogP contribution in [0.1, 0.15) is 16.9 Å². The number of rotatable bonds is 6. The van der Waals surface area contributed by atoms with E-state index >= 15 is 0 Å². The Labute approximate surface area is 190 Å². The third kappa shape index (κ3) is 4.71. The first kappa shape index (κ1) is 22.1. The number of carbonyl (C=O) groups is 2. The summed E-state index contributed by atoms with van der Waals surface area (Å²) in [5.41, 5.74) is 1.86. The summed E-state index contributed by atoms with van der Waals surface area (Å²) in [5, 5.41) is 4.01. The quantitative estimate of drug-likeness (QED) is 0.495. The number of hydrogen-bond donors (Lipinski definition) is 3. The van der Waals surface area contributed by atoms with Crippen molar-refractivity contribution >= 4 is 45.8 Å². The number of hydrogen-bond acceptors (Lipinski definition) is 4. The third-order valence-electron chi connectivity index (χ3n) is 5.78. The van der Waals surface area contributed by atoms with E-state index in [9.17, 15) is 14.0 Å². The molecule has 1 amide bonds. The molecule has 1 saturated heterocycles. The van der Waals surface area contributed by atoms with Crippen molar-refractivity contribution in [2.24, 2.45) is 0 Å². The molecular formula is C23H25ClFN4O3+. The first-order valence-corrected chi connectivity index (χ1v) is 10.9. The largest absolute Gasteiger partial charge is 0.464 e. The molecular weight excluding hydrogens is 435 g/mol. The Morgan fingerprint density at radius 1 is 1.22 bits per heavy atom. The van der Waals surface area contributed by atoms with Crippen LogP contribution in [0, 0.1) is 5.82 Å². The van der Waals surface area contributed by atoms with E-state index in [1.165, 1.54) is 18.1 Å². The number of aromatic amines is 1. The van der Waals surface area contributed by atoms with Crippen LogP contribution in [0.5, 0.6) is 0 Å². The van der Waals surface area contributed by atoms with Crippen molar-refractivity contribution in [3.8, 4) is 0 Å². The molecule has 0 atom stereocenters. The Hall–Kier alpha value is -3.10. The Balaban J connectivity index is 1.37. The lowest BCUT2D eigenvalue weighted by molar-refractivity contribution is -0.900. The number of aromatic nitrogens is 1. The molecule has 1 aliphatic heterocycles. The van der Waals surface area contributed by atoms with E-state index in [-0.39, 0.29) is 17.4 Å². The summed E-state index contributed by atoms with van der Waals surface area (Å²) >= 11 is 6.10. The summed E-state index contributed by atoms with van der Waals surface area (Å²) in [6, 6.07) is 11.9. The predicted molar refractivity (Wildman–Crippen MR) is 122 cm³/mol. The fraction of sp³-hybridized carbons (Fsp3) is 0.304. The molecule has 1 aliphatic rings. The number of H-pyrrole nitrogens is 1. The SMILES string of the molecule is COC(=O)c1[nH]c2ccc(Cl)cc2c1NC(=O)CC[NH+]1CCN(c2ccccc2F)CC1. The summed E-state index contributed by atoms with van der Waals surface area (Å²) in [5.74, 6) is -0.974. The normalized spacial score (nSPS) is 14.5. The first-order chi connectivity index (χ1) is 15.5. The number of fused-ring (bicyclic) bond motifs is 1. The Bertz CT molecular complexity index is 1140. The van der Waals surface area contributed by atoms with Gasteiger partial charge in [-0.2, -0.15) is 0 Å². The van der Waals surface area contributed by atoms with E-state index in [1.807, 2.05) is 11.0 Å². The maximum absolute atomic E-state index is 14.0. The van der Waals surface area contributed by atoms with E-state index in [0.29, 0.717) is 40.3 Å². The van der Waals surface area contributed by atoms with Crippen molar-refractivity contribution in [2.45, 2.75) is 6.42 Å². The molecule has 4 rings (SSSR count). The van der Waals surface area contributed by atoms with E-state index in [1.54, 1.807) is 30.3 Å². The fourth-order valence-corrected chi connectivity index (χ4v) is 4.24. The molecule has 32 heavy (non-hydrogen) atoms. The summed E-state index contributed by atoms with van der Waals surface area (Å²) in [4.78, 5) is 31.2. The zero-order valence-corrected chi connectivity index (χ0v) is 18.5. The number of amides is 1. The lowest BCUT2D eigenvalue weighted by atomic mass is 10.2. The van der Waals surface area contributed by atoms with Crippen LogP contribution in [0.15, 0.2) is 42.5 Å². The summed E-state index contributed by atoms with van der Waals surface area (Å²) in [6.45, 7) is 3.74. The second kappa shape index (κ2) is 9.58. The number of para-hydroxylation sites is 1. The summed E-state index contributed by atoms with van der Waals surface area (Å²) in [7, 11) is 1.29. The van der Waals surface area contributed by atoms with Gasteiger partial charge < -0.3 is 24.8 Å². The van der Waals surface area contributed by atoms with Crippen LogP contribution in [-0.2, 0) is 9.53 Å². The molecule has 1 aromatic heterocycles. The first-order valence-electron chi connectivity index (χ1n) is 10.5. The molecule has 168 valence electrons. The zero-order valence-electron chi connectivity index (χ0n) is 17.7. The number of benzene rings is 2. The van der Waals surface area contributed by atoms with Crippen LogP contribution in [-0.4, -0.2) is 56.7 Å². The molecule has 9 heteroatoms. The van der Waals surface area contributed by atoms with Crippen LogP contribution < -0.4 is 15.1 Å². The average Bonchev–Trinajstić information content (AvgIpc) is 3.15. The molecule has 2 aromatic carbocycles. The molecule has 2 heterocycles. The standard InChI is InChI=1S/C23H24ClFN4O3/c1-32-23(31)22-21(16-14-15(24)6-7-18(16)26-22)27-20(30)8-9-28-10-12-29(13-11-28)19-5-3-2-4-17(19)25/h2-7,14,26H,8-13H2,1H3,(H,27,30)/p+1. The molecule has 0 unspecified atom stereocenters. The van der Waals surface area contributed by atoms with Gasteiger partial charge in [0.1, 0.15) is 11.5 Å². The minimum Gasteiger partial charge on any atom is -0.464 e. The van der Waals surface area contributed by atoms with Crippen molar-refractivity contribution in [3.05, 3.63) is 59.0 Å². The molecule has 1 fully saturated rings. The summed E-state index contributed by atoms with van der Waals surface area (Å²) in [6.07, 6.45) is 0.295. The number of ether oxygens (including phenoxy) is 1. The van der Waals surface area contributed by atoms with Gasteiger partial charge in [0.2, 0.25) is 5.91 Å².